The Bertz CT molecular complexity index is 5540. The first kappa shape index (κ1) is 60.8. The van der Waals surface area contributed by atoms with Crippen LogP contribution in [0.1, 0.15) is 83.0 Å². The van der Waals surface area contributed by atoms with Crippen LogP contribution < -0.4 is 0 Å². The van der Waals surface area contributed by atoms with Crippen molar-refractivity contribution in [2.75, 3.05) is 7.11 Å². The number of carboxylic acids is 1. The standard InChI is InChI=1S/C16H9N3.C15H12N4O2.C14H10N4O2.C14H9N3.C13H8N2S/c17-11-13-7-5-12(6-8-13)9-10-16-14-3-1-2-4-15(14)18-19-16;1-19-9-16-8-11(19)4-6-13-12-5-3-10(15(20)21-2)7-14(12)18-17-13;1-18-8-15-7-10(18)3-5-12-11-4-2-9(14(19)20)6-13(11)17-16-12;1-2-7-13-12(6-1)14(17-16-13)9-8-11-5-3-4-10-15-11;1-2-4-12-11(3-1)13(15-14-12)6-5-10-7-8-16-9-10/h1-8H,(H,18,19);3,5,7-9H,1-2H3,(H,17,18);2,4,6-8H,1H3,(H,16,17)(H,19,20);1-7,10H,(H,16,17);1-4,7-9H,(H,14,15). The van der Waals surface area contributed by atoms with Crippen molar-refractivity contribution >= 4 is 77.8 Å². The molecular weight excluding hydrogens is 1180 g/mol. The molecule has 6 N–H and O–H groups in total. The summed E-state index contributed by atoms with van der Waals surface area (Å²) in [5.41, 5.74) is 13.5. The molecule has 0 radical (unpaired) electrons. The molecule has 15 rings (SSSR count). The third kappa shape index (κ3) is 15.3. The molecule has 9 heterocycles. The Labute approximate surface area is 534 Å². The first-order valence-corrected chi connectivity index (χ1v) is 29.0. The summed E-state index contributed by atoms with van der Waals surface area (Å²) in [7, 11) is 5.09. The number of thiophene rings is 1. The summed E-state index contributed by atoms with van der Waals surface area (Å²) in [6.45, 7) is 0. The normalized spacial score (nSPS) is 10.0. The zero-order valence-electron chi connectivity index (χ0n) is 49.6. The minimum atomic E-state index is -0.975. The lowest BCUT2D eigenvalue weighted by Crippen LogP contribution is -2.00. The minimum absolute atomic E-state index is 0.204. The van der Waals surface area contributed by atoms with E-state index in [9.17, 15) is 9.59 Å². The van der Waals surface area contributed by atoms with Crippen LogP contribution in [0.2, 0.25) is 0 Å². The van der Waals surface area contributed by atoms with Gasteiger partial charge in [0.05, 0.1) is 82.5 Å². The maximum Gasteiger partial charge on any atom is 0.337 e. The van der Waals surface area contributed by atoms with Gasteiger partial charge in [-0.25, -0.2) is 24.5 Å². The van der Waals surface area contributed by atoms with E-state index in [2.05, 4.69) is 136 Å². The number of carboxylic acid groups (broad SMARTS) is 1. The summed E-state index contributed by atoms with van der Waals surface area (Å²) < 4.78 is 8.33. The van der Waals surface area contributed by atoms with Crippen LogP contribution in [0.4, 0.5) is 0 Å². The van der Waals surface area contributed by atoms with Crippen LogP contribution >= 0.6 is 11.3 Å². The average Bonchev–Trinajstić information content (AvgIpc) is 1.90. The number of H-pyrrole nitrogens is 5. The summed E-state index contributed by atoms with van der Waals surface area (Å²) in [5, 5.41) is 61.8. The van der Waals surface area contributed by atoms with Gasteiger partial charge < -0.3 is 19.0 Å². The van der Waals surface area contributed by atoms with Gasteiger partial charge >= 0.3 is 11.9 Å². The Morgan fingerprint density at radius 1 is 0.473 bits per heavy atom. The molecule has 93 heavy (non-hydrogen) atoms. The molecule has 0 saturated carbocycles. The van der Waals surface area contributed by atoms with Crippen molar-refractivity contribution in [1.29, 1.82) is 5.26 Å². The number of rotatable bonds is 2. The molecule has 15 aromatic rings. The van der Waals surface area contributed by atoms with E-state index in [1.165, 1.54) is 19.2 Å². The highest BCUT2D eigenvalue weighted by Crippen LogP contribution is 2.21. The Morgan fingerprint density at radius 3 is 1.34 bits per heavy atom. The Balaban J connectivity index is 0.000000119. The average molecular weight is 1230 g/mol. The molecule has 0 unspecified atom stereocenters. The SMILES string of the molecule is C(#Cc1[nH]nc2ccccc12)c1ccccn1.C(#Cc1[nH]nc2ccccc12)c1ccsc1.COC(=O)c1ccc2c(C#Cc3cncn3C)[nH]nc2c1.Cn1cncc1C#Cc1[nH]nc2cc(C(=O)O)ccc12.N#Cc1ccc(C#Cc2[nH]nc3ccccc23)cc1. The largest absolute Gasteiger partial charge is 0.478 e. The third-order valence-corrected chi connectivity index (χ3v) is 14.3. The molecule has 0 fully saturated rings. The Kier molecular flexibility index (Phi) is 19.1. The second kappa shape index (κ2) is 29.2. The number of pyridine rings is 1. The number of aromatic amines is 5. The number of carbonyl (C=O) groups excluding carboxylic acids is 1. The monoisotopic (exact) mass is 1230 g/mol. The number of imidazole rings is 2. The van der Waals surface area contributed by atoms with Gasteiger partial charge in [0.1, 0.15) is 45.6 Å². The second-order valence-electron chi connectivity index (χ2n) is 19.8. The number of hydrogen-bond donors (Lipinski definition) is 6. The molecule has 446 valence electrons. The smallest absolute Gasteiger partial charge is 0.337 e. The van der Waals surface area contributed by atoms with E-state index in [0.29, 0.717) is 33.5 Å². The molecule has 6 aromatic carbocycles. The predicted molar refractivity (Wildman–Crippen MR) is 355 cm³/mol. The Morgan fingerprint density at radius 2 is 0.903 bits per heavy atom. The van der Waals surface area contributed by atoms with Crippen molar-refractivity contribution in [1.82, 2.24) is 75.1 Å². The summed E-state index contributed by atoms with van der Waals surface area (Å²) in [4.78, 5) is 34.5. The van der Waals surface area contributed by atoms with Crippen molar-refractivity contribution in [2.24, 2.45) is 14.1 Å². The van der Waals surface area contributed by atoms with E-state index in [4.69, 9.17) is 10.4 Å². The van der Waals surface area contributed by atoms with Gasteiger partial charge in [0.2, 0.25) is 0 Å². The molecule has 0 amide bonds. The van der Waals surface area contributed by atoms with E-state index in [0.717, 1.165) is 88.8 Å². The van der Waals surface area contributed by atoms with Gasteiger partial charge in [-0.2, -0.15) is 42.1 Å². The zero-order valence-corrected chi connectivity index (χ0v) is 50.4. The van der Waals surface area contributed by atoms with Crippen molar-refractivity contribution in [3.05, 3.63) is 273 Å². The van der Waals surface area contributed by atoms with Gasteiger partial charge in [0.25, 0.3) is 0 Å². The summed E-state index contributed by atoms with van der Waals surface area (Å²) in [5.74, 6) is 29.1. The van der Waals surface area contributed by atoms with Crippen LogP contribution in [0, 0.1) is 70.5 Å². The second-order valence-corrected chi connectivity index (χ2v) is 20.5. The number of aromatic nitrogens is 15. The number of nitrogens with one attached hydrogen (secondary N) is 5. The van der Waals surface area contributed by atoms with E-state index in [1.807, 2.05) is 143 Å². The number of para-hydroxylation sites is 3. The highest BCUT2D eigenvalue weighted by molar-refractivity contribution is 7.08. The maximum atomic E-state index is 11.5. The molecular formula is C72H48N16O4S. The van der Waals surface area contributed by atoms with E-state index >= 15 is 0 Å². The number of nitriles is 1. The van der Waals surface area contributed by atoms with Gasteiger partial charge in [-0.05, 0) is 168 Å². The fourth-order valence-corrected chi connectivity index (χ4v) is 9.35. The van der Waals surface area contributed by atoms with Crippen LogP contribution in [0.5, 0.6) is 0 Å². The summed E-state index contributed by atoms with van der Waals surface area (Å²) in [6.07, 6.45) is 8.47. The molecule has 0 atom stereocenters. The van der Waals surface area contributed by atoms with E-state index < -0.39 is 5.97 Å². The fourth-order valence-electron chi connectivity index (χ4n) is 8.76. The molecule has 0 bridgehead atoms. The molecule has 0 aliphatic heterocycles. The molecule has 21 heteroatoms. The number of ether oxygens (including phenoxy) is 1. The quantitative estimate of drug-likeness (QED) is 0.0695. The van der Waals surface area contributed by atoms with Gasteiger partial charge in [-0.15, -0.1) is 0 Å². The lowest BCUT2D eigenvalue weighted by molar-refractivity contribution is 0.0600. The number of aromatic carboxylic acids is 1. The first-order chi connectivity index (χ1) is 45.6. The van der Waals surface area contributed by atoms with Crippen LogP contribution in [0.3, 0.4) is 0 Å². The van der Waals surface area contributed by atoms with Gasteiger partial charge in [0.15, 0.2) is 0 Å². The van der Waals surface area contributed by atoms with Crippen LogP contribution in [0.15, 0.2) is 200 Å². The fraction of sp³-hybridized carbons (Fsp3) is 0.0417. The first-order valence-electron chi connectivity index (χ1n) is 28.1. The van der Waals surface area contributed by atoms with Crippen molar-refractivity contribution in [3.63, 3.8) is 0 Å². The van der Waals surface area contributed by atoms with Crippen LogP contribution in [-0.4, -0.2) is 99.2 Å². The van der Waals surface area contributed by atoms with Crippen LogP contribution in [-0.2, 0) is 18.8 Å². The molecule has 0 aliphatic rings. The van der Waals surface area contributed by atoms with E-state index in [-0.39, 0.29) is 11.5 Å². The van der Waals surface area contributed by atoms with Gasteiger partial charge in [0, 0.05) is 63.7 Å². The molecule has 0 saturated heterocycles. The lowest BCUT2D eigenvalue weighted by atomic mass is 10.1. The van der Waals surface area contributed by atoms with Crippen LogP contribution in [0.25, 0.3) is 54.5 Å². The lowest BCUT2D eigenvalue weighted by Gasteiger charge is -1.97. The number of benzene rings is 6. The number of methoxy groups -OCH3 is 1. The molecule has 9 aromatic heterocycles. The topological polar surface area (TPSA) is 279 Å². The number of aryl methyl sites for hydroxylation is 2. The van der Waals surface area contributed by atoms with Crippen molar-refractivity contribution in [3.8, 4) is 65.3 Å². The van der Waals surface area contributed by atoms with Crippen molar-refractivity contribution < 1.29 is 19.4 Å². The predicted octanol–water partition coefficient (Wildman–Crippen LogP) is 11.1. The highest BCUT2D eigenvalue weighted by atomic mass is 32.1. The minimum Gasteiger partial charge on any atom is -0.478 e. The summed E-state index contributed by atoms with van der Waals surface area (Å²) >= 11 is 1.65. The van der Waals surface area contributed by atoms with Gasteiger partial charge in [-0.3, -0.25) is 25.5 Å². The van der Waals surface area contributed by atoms with Crippen molar-refractivity contribution in [2.45, 2.75) is 0 Å². The maximum absolute atomic E-state index is 11.5. The molecule has 0 aliphatic carbocycles. The molecule has 20 nitrogen and oxygen atoms in total. The number of esters is 1. The van der Waals surface area contributed by atoms with Gasteiger partial charge in [-0.1, -0.05) is 54.3 Å². The summed E-state index contributed by atoms with van der Waals surface area (Å²) in [6, 6.07) is 50.6. The Hall–Kier alpha value is -13.8. The third-order valence-electron chi connectivity index (χ3n) is 13.6. The number of fused-ring (bicyclic) bond motifs is 5. The number of carbonyl (C=O) groups is 2. The zero-order chi connectivity index (χ0) is 64.3. The molecule has 0 spiro atoms. The number of hydrogen-bond acceptors (Lipinski definition) is 13. The van der Waals surface area contributed by atoms with E-state index in [1.54, 1.807) is 79.0 Å². The number of nitrogens with zero attached hydrogens (tertiary/aromatic N) is 11. The highest BCUT2D eigenvalue weighted by Gasteiger charge is 2.11.